The number of halogens is 1. The van der Waals surface area contributed by atoms with Gasteiger partial charge in [-0.2, -0.15) is 0 Å². The molecule has 1 aliphatic heterocycles. The van der Waals surface area contributed by atoms with E-state index in [1.165, 1.54) is 4.57 Å². The highest BCUT2D eigenvalue weighted by Gasteiger charge is 2.31. The van der Waals surface area contributed by atoms with Gasteiger partial charge in [0.2, 0.25) is 0 Å². The van der Waals surface area contributed by atoms with E-state index in [0.717, 1.165) is 50.9 Å². The van der Waals surface area contributed by atoms with Crippen molar-refractivity contribution in [3.8, 4) is 0 Å². The highest BCUT2D eigenvalue weighted by atomic mass is 35.5. The second-order valence-electron chi connectivity index (χ2n) is 7.88. The largest absolute Gasteiger partial charge is 0.339 e. The van der Waals surface area contributed by atoms with Crippen molar-refractivity contribution in [1.82, 2.24) is 24.8 Å². The van der Waals surface area contributed by atoms with E-state index in [4.69, 9.17) is 0 Å². The molecule has 1 amide bonds. The zero-order valence-electron chi connectivity index (χ0n) is 16.9. The van der Waals surface area contributed by atoms with Crippen molar-refractivity contribution in [3.05, 3.63) is 38.2 Å². The first-order chi connectivity index (χ1) is 13.5. The van der Waals surface area contributed by atoms with Crippen molar-refractivity contribution in [3.63, 3.8) is 0 Å². The average molecular weight is 422 g/mol. The quantitative estimate of drug-likeness (QED) is 0.764. The number of carbonyl (C=O) groups is 1. The van der Waals surface area contributed by atoms with Gasteiger partial charge in [-0.15, -0.1) is 12.4 Å². The Hall–Kier alpha value is -2.19. The number of nitrogens with one attached hydrogen (secondary N) is 2. The van der Waals surface area contributed by atoms with Crippen LogP contribution in [0, 0.1) is 0 Å². The van der Waals surface area contributed by atoms with E-state index >= 15 is 0 Å². The normalized spacial score (nSPS) is 17.2. The zero-order chi connectivity index (χ0) is 19.8. The molecule has 0 atom stereocenters. The maximum atomic E-state index is 13.4. The molecule has 158 valence electrons. The van der Waals surface area contributed by atoms with Gasteiger partial charge in [-0.25, -0.2) is 9.78 Å². The van der Waals surface area contributed by atoms with Crippen LogP contribution in [0.25, 0.3) is 11.0 Å². The maximum Gasteiger partial charge on any atom is 0.329 e. The van der Waals surface area contributed by atoms with Gasteiger partial charge in [0.25, 0.3) is 11.5 Å². The van der Waals surface area contributed by atoms with Crippen LogP contribution in [0.4, 0.5) is 0 Å². The first-order valence-corrected chi connectivity index (χ1v) is 10.2. The average Bonchev–Trinajstić information content (AvgIpc) is 3.55. The van der Waals surface area contributed by atoms with Crippen LogP contribution >= 0.6 is 12.4 Å². The fraction of sp³-hybridized carbons (Fsp3) is 0.600. The molecule has 2 fully saturated rings. The first kappa shape index (κ1) is 21.5. The summed E-state index contributed by atoms with van der Waals surface area (Å²) in [5, 5.41) is 3.53. The lowest BCUT2D eigenvalue weighted by Crippen LogP contribution is -2.44. The molecule has 2 aromatic rings. The van der Waals surface area contributed by atoms with Crippen molar-refractivity contribution in [1.29, 1.82) is 0 Å². The first-order valence-electron chi connectivity index (χ1n) is 10.2. The molecular weight excluding hydrogens is 394 g/mol. The Balaban J connectivity index is 0.00000240. The molecule has 1 saturated heterocycles. The van der Waals surface area contributed by atoms with Crippen LogP contribution in [-0.4, -0.2) is 51.5 Å². The number of hydrogen-bond donors (Lipinski definition) is 2. The van der Waals surface area contributed by atoms with Crippen LogP contribution in [0.2, 0.25) is 0 Å². The third-order valence-corrected chi connectivity index (χ3v) is 5.82. The summed E-state index contributed by atoms with van der Waals surface area (Å²) >= 11 is 0. The molecule has 29 heavy (non-hydrogen) atoms. The lowest BCUT2D eigenvalue weighted by molar-refractivity contribution is 0.0705. The second kappa shape index (κ2) is 8.67. The number of amides is 1. The fourth-order valence-corrected chi connectivity index (χ4v) is 4.03. The molecule has 2 aromatic heterocycles. The molecule has 0 radical (unpaired) electrons. The van der Waals surface area contributed by atoms with E-state index in [2.05, 4.69) is 15.3 Å². The summed E-state index contributed by atoms with van der Waals surface area (Å²) in [5.74, 6) is 0.137. The van der Waals surface area contributed by atoms with Gasteiger partial charge in [-0.3, -0.25) is 19.1 Å². The minimum atomic E-state index is -0.538. The Morgan fingerprint density at radius 1 is 1.24 bits per heavy atom. The summed E-state index contributed by atoms with van der Waals surface area (Å²) in [5.41, 5.74) is 0.500. The fourth-order valence-electron chi connectivity index (χ4n) is 4.03. The molecule has 2 aliphatic rings. The summed E-state index contributed by atoms with van der Waals surface area (Å²) in [6.45, 7) is 4.17. The predicted octanol–water partition coefficient (Wildman–Crippen LogP) is 1.62. The maximum absolute atomic E-state index is 13.4. The summed E-state index contributed by atoms with van der Waals surface area (Å²) in [7, 11) is 1.80. The van der Waals surface area contributed by atoms with E-state index < -0.39 is 11.2 Å². The Morgan fingerprint density at radius 2 is 1.93 bits per heavy atom. The van der Waals surface area contributed by atoms with Crippen molar-refractivity contribution in [2.45, 2.75) is 57.5 Å². The minimum absolute atomic E-state index is 0. The van der Waals surface area contributed by atoms with E-state index in [1.807, 2.05) is 6.92 Å². The van der Waals surface area contributed by atoms with Gasteiger partial charge in [0.1, 0.15) is 0 Å². The predicted molar refractivity (Wildman–Crippen MR) is 114 cm³/mol. The molecule has 4 rings (SSSR count). The number of rotatable bonds is 5. The Morgan fingerprint density at radius 3 is 2.55 bits per heavy atom. The molecule has 1 aliphatic carbocycles. The standard InChI is InChI=1S/C20H27N5O3.ClH/c1-3-10-25-17-16(18(26)23-20(25)28)14(11-15(22-17)12-4-5-12)19(27)24(2)13-6-8-21-9-7-13;/h11-13,21H,3-10H2,1-2H3,(H,23,26,28);1H. The van der Waals surface area contributed by atoms with Gasteiger partial charge >= 0.3 is 5.69 Å². The number of nitrogens with zero attached hydrogens (tertiary/aromatic N) is 3. The Bertz CT molecular complexity index is 1020. The number of piperidine rings is 1. The minimum Gasteiger partial charge on any atom is -0.339 e. The van der Waals surface area contributed by atoms with Crippen molar-refractivity contribution < 1.29 is 4.79 Å². The van der Waals surface area contributed by atoms with Crippen LogP contribution < -0.4 is 16.6 Å². The summed E-state index contributed by atoms with van der Waals surface area (Å²) in [6, 6.07) is 1.91. The third kappa shape index (κ3) is 4.09. The van der Waals surface area contributed by atoms with E-state index in [-0.39, 0.29) is 29.7 Å². The molecule has 0 bridgehead atoms. The highest BCUT2D eigenvalue weighted by Crippen LogP contribution is 2.40. The molecule has 1 saturated carbocycles. The van der Waals surface area contributed by atoms with Crippen molar-refractivity contribution in [2.24, 2.45) is 0 Å². The number of pyridine rings is 1. The van der Waals surface area contributed by atoms with Crippen LogP contribution in [0.15, 0.2) is 15.7 Å². The monoisotopic (exact) mass is 421 g/mol. The van der Waals surface area contributed by atoms with Crippen LogP contribution in [-0.2, 0) is 6.54 Å². The molecule has 0 spiro atoms. The Labute approximate surface area is 175 Å². The highest BCUT2D eigenvalue weighted by molar-refractivity contribution is 6.05. The van der Waals surface area contributed by atoms with Crippen LogP contribution in [0.1, 0.15) is 61.0 Å². The second-order valence-corrected chi connectivity index (χ2v) is 7.88. The molecule has 0 unspecified atom stereocenters. The molecular formula is C20H28ClN5O3. The number of aromatic nitrogens is 3. The number of carbonyl (C=O) groups excluding carboxylic acids is 1. The number of aryl methyl sites for hydroxylation is 1. The van der Waals surface area contributed by atoms with Crippen LogP contribution in [0.5, 0.6) is 0 Å². The number of hydrogen-bond acceptors (Lipinski definition) is 5. The van der Waals surface area contributed by atoms with E-state index in [0.29, 0.717) is 23.7 Å². The van der Waals surface area contributed by atoms with Crippen molar-refractivity contribution >= 4 is 29.3 Å². The molecule has 9 heteroatoms. The molecule has 2 N–H and O–H groups in total. The number of H-pyrrole nitrogens is 1. The molecule has 8 nitrogen and oxygen atoms in total. The van der Waals surface area contributed by atoms with E-state index in [9.17, 15) is 14.4 Å². The zero-order valence-corrected chi connectivity index (χ0v) is 17.7. The van der Waals surface area contributed by atoms with Gasteiger partial charge in [-0.1, -0.05) is 6.92 Å². The molecule has 3 heterocycles. The summed E-state index contributed by atoms with van der Waals surface area (Å²) in [4.78, 5) is 47.2. The van der Waals surface area contributed by atoms with Gasteiger partial charge in [0.05, 0.1) is 10.9 Å². The van der Waals surface area contributed by atoms with Gasteiger partial charge in [0.15, 0.2) is 5.65 Å². The summed E-state index contributed by atoms with van der Waals surface area (Å²) < 4.78 is 1.49. The van der Waals surface area contributed by atoms with E-state index in [1.54, 1.807) is 18.0 Å². The van der Waals surface area contributed by atoms with Gasteiger partial charge in [0, 0.05) is 31.2 Å². The van der Waals surface area contributed by atoms with Crippen LogP contribution in [0.3, 0.4) is 0 Å². The Kier molecular flexibility index (Phi) is 6.43. The molecule has 0 aromatic carbocycles. The van der Waals surface area contributed by atoms with Gasteiger partial charge < -0.3 is 10.2 Å². The lowest BCUT2D eigenvalue weighted by atomic mass is 10.0. The number of aromatic amines is 1. The topological polar surface area (TPSA) is 100 Å². The smallest absolute Gasteiger partial charge is 0.329 e. The SMILES string of the molecule is CCCn1c(=O)[nH]c(=O)c2c(C(=O)N(C)C3CCNCC3)cc(C3CC3)nc21.Cl. The summed E-state index contributed by atoms with van der Waals surface area (Å²) in [6.07, 6.45) is 4.55. The number of fused-ring (bicyclic) bond motifs is 1. The third-order valence-electron chi connectivity index (χ3n) is 5.82. The lowest BCUT2D eigenvalue weighted by Gasteiger charge is -2.32. The van der Waals surface area contributed by atoms with Crippen molar-refractivity contribution in [2.75, 3.05) is 20.1 Å². The van der Waals surface area contributed by atoms with Gasteiger partial charge in [-0.05, 0) is 51.3 Å².